The number of rotatable bonds is 11. The Morgan fingerprint density at radius 1 is 1.14 bits per heavy atom. The number of hydrogen-bond acceptors (Lipinski definition) is 7. The van der Waals surface area contributed by atoms with Gasteiger partial charge in [-0.15, -0.1) is 0 Å². The van der Waals surface area contributed by atoms with Crippen LogP contribution in [0.3, 0.4) is 0 Å². The van der Waals surface area contributed by atoms with Crippen molar-refractivity contribution in [3.05, 3.63) is 59.3 Å². The van der Waals surface area contributed by atoms with Crippen LogP contribution in [0, 0.1) is 5.92 Å². The summed E-state index contributed by atoms with van der Waals surface area (Å²) in [5, 5.41) is 32.7. The van der Waals surface area contributed by atoms with Gasteiger partial charge >= 0.3 is 0 Å². The molecule has 1 aromatic heterocycles. The molecule has 0 aliphatic carbocycles. The average molecular weight is 618 g/mol. The van der Waals surface area contributed by atoms with E-state index in [1.54, 1.807) is 6.07 Å². The number of nitrogens with zero attached hydrogens (tertiary/aromatic N) is 2. The van der Waals surface area contributed by atoms with Crippen LogP contribution in [-0.4, -0.2) is 61.8 Å². The molecule has 232 valence electrons. The lowest BCUT2D eigenvalue weighted by molar-refractivity contribution is -0.121. The minimum absolute atomic E-state index is 0.00702. The zero-order chi connectivity index (χ0) is 31.0. The molecule has 10 nitrogen and oxygen atoms in total. The maximum Gasteiger partial charge on any atom is 0.253 e. The number of hydrogen-bond donors (Lipinski definition) is 5. The largest absolute Gasteiger partial charge is 0.508 e. The molecule has 1 unspecified atom stereocenters. The van der Waals surface area contributed by atoms with E-state index >= 15 is 0 Å². The predicted octanol–water partition coefficient (Wildman–Crippen LogP) is 4.09. The summed E-state index contributed by atoms with van der Waals surface area (Å²) in [5.41, 5.74) is 5.78. The molecule has 3 aliphatic heterocycles. The summed E-state index contributed by atoms with van der Waals surface area (Å²) in [6.07, 6.45) is 6.01. The number of benzene rings is 2. The molecule has 0 saturated carbocycles. The Balaban J connectivity index is 1.03. The van der Waals surface area contributed by atoms with E-state index in [2.05, 4.69) is 25.7 Å². The summed E-state index contributed by atoms with van der Waals surface area (Å²) in [6, 6.07) is 11.1. The van der Waals surface area contributed by atoms with E-state index in [0.29, 0.717) is 60.0 Å². The van der Waals surface area contributed by atoms with E-state index in [4.69, 9.17) is 0 Å². The van der Waals surface area contributed by atoms with E-state index in [0.717, 1.165) is 41.5 Å². The summed E-state index contributed by atoms with van der Waals surface area (Å²) in [5.74, 6) is 0.593. The number of carbonyl (C=O) groups is 3. The van der Waals surface area contributed by atoms with Crippen LogP contribution in [0.5, 0.6) is 11.5 Å². The summed E-state index contributed by atoms with van der Waals surface area (Å²) in [4.78, 5) is 37.0. The summed E-state index contributed by atoms with van der Waals surface area (Å²) in [6.45, 7) is 5.03. The van der Waals surface area contributed by atoms with Crippen molar-refractivity contribution in [3.63, 3.8) is 0 Å². The smallest absolute Gasteiger partial charge is 0.253 e. The maximum atomic E-state index is 12.9. The molecule has 2 saturated heterocycles. The summed E-state index contributed by atoms with van der Waals surface area (Å²) >= 11 is 1.96. The lowest BCUT2D eigenvalue weighted by Gasteiger charge is -2.16. The minimum atomic E-state index is -0.705. The quantitative estimate of drug-likeness (QED) is 0.205. The molecule has 6 rings (SSSR count). The number of nitrogens with one attached hydrogen (secondary N) is 3. The summed E-state index contributed by atoms with van der Waals surface area (Å²) < 4.78 is 2.08. The maximum absolute atomic E-state index is 12.9. The fourth-order valence-electron chi connectivity index (χ4n) is 6.72. The van der Waals surface area contributed by atoms with Gasteiger partial charge in [0.25, 0.3) is 5.91 Å². The zero-order valence-electron chi connectivity index (χ0n) is 25.0. The van der Waals surface area contributed by atoms with Crippen molar-refractivity contribution >= 4 is 46.1 Å². The highest BCUT2D eigenvalue weighted by molar-refractivity contribution is 8.00. The lowest BCUT2D eigenvalue weighted by atomic mass is 9.87. The molecule has 4 heterocycles. The predicted molar refractivity (Wildman–Crippen MR) is 171 cm³/mol. The van der Waals surface area contributed by atoms with Crippen molar-refractivity contribution in [2.45, 2.75) is 75.6 Å². The van der Waals surface area contributed by atoms with Gasteiger partial charge < -0.3 is 25.4 Å². The van der Waals surface area contributed by atoms with Gasteiger partial charge in [0.1, 0.15) is 17.4 Å². The number of unbranched alkanes of at least 4 members (excludes halogenated alkanes) is 1. The molecule has 0 spiro atoms. The van der Waals surface area contributed by atoms with E-state index in [-0.39, 0.29) is 35.1 Å². The number of carbonyl (C=O) groups excluding carboxylic acids is 3. The first-order valence-corrected chi connectivity index (χ1v) is 16.4. The van der Waals surface area contributed by atoms with Crippen LogP contribution in [0.4, 0.5) is 0 Å². The van der Waals surface area contributed by atoms with Crippen LogP contribution in [-0.2, 0) is 20.9 Å². The van der Waals surface area contributed by atoms with Gasteiger partial charge in [0.2, 0.25) is 11.8 Å². The first-order valence-electron chi connectivity index (χ1n) is 15.4. The fraction of sp³-hybridized carbons (Fsp3) is 0.455. The molecular weight excluding hydrogens is 578 g/mol. The Morgan fingerprint density at radius 3 is 2.80 bits per heavy atom. The van der Waals surface area contributed by atoms with E-state index in [1.807, 2.05) is 56.1 Å². The number of aromatic hydroxyl groups is 2. The highest BCUT2D eigenvalue weighted by atomic mass is 32.2. The lowest BCUT2D eigenvalue weighted by Crippen LogP contribution is -2.29. The number of hydrazone groups is 1. The van der Waals surface area contributed by atoms with Crippen LogP contribution in [0.2, 0.25) is 0 Å². The van der Waals surface area contributed by atoms with E-state index in [9.17, 15) is 24.6 Å². The van der Waals surface area contributed by atoms with E-state index < -0.39 is 5.92 Å². The van der Waals surface area contributed by atoms with Gasteiger partial charge in [0.15, 0.2) is 0 Å². The van der Waals surface area contributed by atoms with Crippen molar-refractivity contribution in [2.24, 2.45) is 11.0 Å². The van der Waals surface area contributed by atoms with Crippen LogP contribution in [0.25, 0.3) is 10.9 Å². The SMILES string of the molecule is CC(C)c1cc(C2=NNC(=O)C2c2ccc3c(ccn3CCNC(=O)CCCC[C@@H]3SC[C@H]4NC(=O)C[C@@H]34)c2)c(O)cc1O. The fourth-order valence-corrected chi connectivity index (χ4v) is 8.37. The number of phenolic OH excluding ortho intramolecular Hbond substituents is 2. The number of aromatic nitrogens is 1. The number of fused-ring (bicyclic) bond motifs is 2. The standard InChI is InChI=1S/C33H39N5O5S/c1-18(2)21-14-23(27(40)16-26(21)39)32-31(33(43)37-36-32)20-7-8-25-19(13-20)9-11-38(25)12-10-34-29(41)6-4-3-5-28-22-15-30(42)35-24(22)17-44-28/h7-9,11,13-14,16,18,22,24,28,31,39-40H,3-6,10,12,15,17H2,1-2H3,(H,34,41)(H,35,42)(H,37,43)/t22-,24-,28+,31?/m1/s1. The number of phenols is 2. The third kappa shape index (κ3) is 6.02. The minimum Gasteiger partial charge on any atom is -0.508 e. The topological polar surface area (TPSA) is 145 Å². The Morgan fingerprint density at radius 2 is 1.98 bits per heavy atom. The third-order valence-electron chi connectivity index (χ3n) is 9.06. The molecule has 0 bridgehead atoms. The molecule has 0 radical (unpaired) electrons. The Kier molecular flexibility index (Phi) is 8.57. The van der Waals surface area contributed by atoms with Gasteiger partial charge in [-0.3, -0.25) is 14.4 Å². The zero-order valence-corrected chi connectivity index (χ0v) is 25.8. The highest BCUT2D eigenvalue weighted by Gasteiger charge is 2.42. The van der Waals surface area contributed by atoms with Crippen LogP contribution < -0.4 is 16.1 Å². The van der Waals surface area contributed by atoms with Crippen molar-refractivity contribution in [3.8, 4) is 11.5 Å². The molecule has 11 heteroatoms. The number of amides is 3. The molecule has 2 aromatic carbocycles. The monoisotopic (exact) mass is 617 g/mol. The van der Waals surface area contributed by atoms with Gasteiger partial charge in [0.05, 0.1) is 5.71 Å². The molecule has 44 heavy (non-hydrogen) atoms. The summed E-state index contributed by atoms with van der Waals surface area (Å²) in [7, 11) is 0. The van der Waals surface area contributed by atoms with Gasteiger partial charge in [-0.05, 0) is 59.5 Å². The molecule has 4 atom stereocenters. The van der Waals surface area contributed by atoms with E-state index in [1.165, 1.54) is 6.07 Å². The van der Waals surface area contributed by atoms with Gasteiger partial charge in [-0.1, -0.05) is 26.3 Å². The molecule has 3 amide bonds. The Hall–Kier alpha value is -3.99. The molecule has 3 aliphatic rings. The normalized spacial score (nSPS) is 22.8. The van der Waals surface area contributed by atoms with Crippen molar-refractivity contribution < 1.29 is 24.6 Å². The first kappa shape index (κ1) is 30.1. The Labute approximate surface area is 260 Å². The van der Waals surface area contributed by atoms with Crippen LogP contribution in [0.15, 0.2) is 47.7 Å². The van der Waals surface area contributed by atoms with Crippen LogP contribution >= 0.6 is 11.8 Å². The molecule has 2 fully saturated rings. The van der Waals surface area contributed by atoms with Crippen molar-refractivity contribution in [1.29, 1.82) is 0 Å². The van der Waals surface area contributed by atoms with Crippen molar-refractivity contribution in [2.75, 3.05) is 12.3 Å². The Bertz CT molecular complexity index is 1630. The molecule has 3 aromatic rings. The van der Waals surface area contributed by atoms with Crippen LogP contribution in [0.1, 0.15) is 74.5 Å². The highest BCUT2D eigenvalue weighted by Crippen LogP contribution is 2.41. The first-order chi connectivity index (χ1) is 21.2. The number of thioether (sulfide) groups is 1. The van der Waals surface area contributed by atoms with Crippen molar-refractivity contribution in [1.82, 2.24) is 20.6 Å². The second-order valence-electron chi connectivity index (χ2n) is 12.3. The second kappa shape index (κ2) is 12.6. The molecular formula is C33H39N5O5S. The second-order valence-corrected chi connectivity index (χ2v) is 13.6. The average Bonchev–Trinajstić information content (AvgIpc) is 3.75. The third-order valence-corrected chi connectivity index (χ3v) is 10.6. The molecule has 5 N–H and O–H groups in total. The van der Waals surface area contributed by atoms with Gasteiger partial charge in [0, 0.05) is 72.2 Å². The van der Waals surface area contributed by atoms with Gasteiger partial charge in [-0.25, -0.2) is 5.43 Å². The van der Waals surface area contributed by atoms with Gasteiger partial charge in [-0.2, -0.15) is 16.9 Å².